The van der Waals surface area contributed by atoms with Gasteiger partial charge in [0.05, 0.1) is 11.6 Å². The second kappa shape index (κ2) is 7.13. The van der Waals surface area contributed by atoms with Crippen LogP contribution >= 0.6 is 0 Å². The predicted octanol–water partition coefficient (Wildman–Crippen LogP) is 2.44. The quantitative estimate of drug-likeness (QED) is 0.874. The summed E-state index contributed by atoms with van der Waals surface area (Å²) in [7, 11) is 1.99. The molecule has 2 aromatic rings. The molecular weight excluding hydrogens is 337 g/mol. The molecule has 0 bridgehead atoms. The fraction of sp³-hybridized carbons (Fsp3) is 0.500. The average molecular weight is 361 g/mol. The SMILES string of the molecule is CN1CCNCC1c1noc(-c2cc(NC(=O)C(C)(C)C)ccc2F)n1. The molecule has 1 amide bonds. The molecule has 1 atom stereocenters. The smallest absolute Gasteiger partial charge is 0.261 e. The van der Waals surface area contributed by atoms with Crippen LogP contribution in [-0.4, -0.2) is 47.6 Å². The van der Waals surface area contributed by atoms with E-state index in [9.17, 15) is 9.18 Å². The topological polar surface area (TPSA) is 83.3 Å². The lowest BCUT2D eigenvalue weighted by Gasteiger charge is -2.30. The van der Waals surface area contributed by atoms with E-state index in [0.717, 1.165) is 13.1 Å². The number of aromatic nitrogens is 2. The van der Waals surface area contributed by atoms with Crippen molar-refractivity contribution in [2.45, 2.75) is 26.8 Å². The molecule has 2 heterocycles. The maximum absolute atomic E-state index is 14.3. The van der Waals surface area contributed by atoms with Crippen LogP contribution < -0.4 is 10.6 Å². The molecule has 3 rings (SSSR count). The number of benzene rings is 1. The summed E-state index contributed by atoms with van der Waals surface area (Å²) in [6.45, 7) is 7.92. The molecule has 2 N–H and O–H groups in total. The van der Waals surface area contributed by atoms with Crippen LogP contribution in [0.15, 0.2) is 22.7 Å². The zero-order valence-corrected chi connectivity index (χ0v) is 15.5. The molecule has 7 nitrogen and oxygen atoms in total. The highest BCUT2D eigenvalue weighted by Gasteiger charge is 2.26. The second-order valence-corrected chi connectivity index (χ2v) is 7.56. The molecule has 0 spiro atoms. The first kappa shape index (κ1) is 18.5. The number of hydrogen-bond donors (Lipinski definition) is 2. The van der Waals surface area contributed by atoms with Crippen LogP contribution in [0.3, 0.4) is 0 Å². The Morgan fingerprint density at radius 1 is 1.42 bits per heavy atom. The number of piperazine rings is 1. The van der Waals surface area contributed by atoms with E-state index in [1.807, 2.05) is 27.8 Å². The zero-order chi connectivity index (χ0) is 18.9. The lowest BCUT2D eigenvalue weighted by Crippen LogP contribution is -2.44. The van der Waals surface area contributed by atoms with Gasteiger partial charge in [-0.1, -0.05) is 25.9 Å². The molecule has 1 aromatic carbocycles. The standard InChI is InChI=1S/C18H24FN5O2/c1-18(2,3)17(25)21-11-5-6-13(19)12(9-11)16-22-15(23-26-16)14-10-20-7-8-24(14)4/h5-6,9,14,20H,7-8,10H2,1-4H3,(H,21,25). The van der Waals surface area contributed by atoms with Gasteiger partial charge in [-0.2, -0.15) is 4.98 Å². The number of carbonyl (C=O) groups is 1. The van der Waals surface area contributed by atoms with Crippen molar-refractivity contribution < 1.29 is 13.7 Å². The molecule has 1 aromatic heterocycles. The van der Waals surface area contributed by atoms with E-state index in [4.69, 9.17) is 4.52 Å². The number of amides is 1. The van der Waals surface area contributed by atoms with Crippen LogP contribution in [0.4, 0.5) is 10.1 Å². The largest absolute Gasteiger partial charge is 0.334 e. The number of rotatable bonds is 3. The Balaban J connectivity index is 1.85. The van der Waals surface area contributed by atoms with Crippen molar-refractivity contribution in [3.05, 3.63) is 29.8 Å². The Morgan fingerprint density at radius 3 is 2.88 bits per heavy atom. The molecule has 1 saturated heterocycles. The molecule has 1 aliphatic heterocycles. The summed E-state index contributed by atoms with van der Waals surface area (Å²) in [5.74, 6) is -0.0261. The van der Waals surface area contributed by atoms with Crippen molar-refractivity contribution in [1.82, 2.24) is 20.4 Å². The van der Waals surface area contributed by atoms with Crippen LogP contribution in [0, 0.1) is 11.2 Å². The van der Waals surface area contributed by atoms with Gasteiger partial charge in [0.25, 0.3) is 5.89 Å². The molecule has 1 unspecified atom stereocenters. The van der Waals surface area contributed by atoms with Gasteiger partial charge in [-0.15, -0.1) is 0 Å². The van der Waals surface area contributed by atoms with Crippen molar-refractivity contribution in [3.8, 4) is 11.5 Å². The molecule has 0 saturated carbocycles. The van der Waals surface area contributed by atoms with Gasteiger partial charge in [0.1, 0.15) is 5.82 Å². The third kappa shape index (κ3) is 3.91. The maximum atomic E-state index is 14.3. The van der Waals surface area contributed by atoms with Gasteiger partial charge < -0.3 is 15.2 Å². The Kier molecular flexibility index (Phi) is 5.06. The van der Waals surface area contributed by atoms with Crippen LogP contribution in [0.2, 0.25) is 0 Å². The van der Waals surface area contributed by atoms with Crippen LogP contribution in [-0.2, 0) is 4.79 Å². The van der Waals surface area contributed by atoms with Crippen LogP contribution in [0.5, 0.6) is 0 Å². The highest BCUT2D eigenvalue weighted by molar-refractivity contribution is 5.94. The van der Waals surface area contributed by atoms with Crippen molar-refractivity contribution >= 4 is 11.6 Å². The molecular formula is C18H24FN5O2. The molecule has 0 aliphatic carbocycles. The Labute approximate surface area is 152 Å². The molecule has 140 valence electrons. The normalized spacial score (nSPS) is 18.7. The summed E-state index contributed by atoms with van der Waals surface area (Å²) in [5.41, 5.74) is 0.101. The number of nitrogens with one attached hydrogen (secondary N) is 2. The number of anilines is 1. The minimum absolute atomic E-state index is 0.0203. The van der Waals surface area contributed by atoms with Crippen molar-refractivity contribution in [3.63, 3.8) is 0 Å². The van der Waals surface area contributed by atoms with E-state index in [-0.39, 0.29) is 23.4 Å². The monoisotopic (exact) mass is 361 g/mol. The Morgan fingerprint density at radius 2 is 2.19 bits per heavy atom. The summed E-state index contributed by atoms with van der Waals surface area (Å²) in [6, 6.07) is 4.29. The number of halogens is 1. The molecule has 26 heavy (non-hydrogen) atoms. The van der Waals surface area contributed by atoms with E-state index in [2.05, 4.69) is 25.7 Å². The number of hydrogen-bond acceptors (Lipinski definition) is 6. The van der Waals surface area contributed by atoms with E-state index in [0.29, 0.717) is 18.1 Å². The lowest BCUT2D eigenvalue weighted by molar-refractivity contribution is -0.123. The Bertz CT molecular complexity index is 799. The third-order valence-corrected chi connectivity index (χ3v) is 4.39. The molecule has 1 fully saturated rings. The van der Waals surface area contributed by atoms with E-state index < -0.39 is 11.2 Å². The number of carbonyl (C=O) groups excluding carboxylic acids is 1. The predicted molar refractivity (Wildman–Crippen MR) is 96.0 cm³/mol. The van der Waals surface area contributed by atoms with Gasteiger partial charge in [-0.3, -0.25) is 9.69 Å². The van der Waals surface area contributed by atoms with Crippen molar-refractivity contribution in [2.75, 3.05) is 32.0 Å². The van der Waals surface area contributed by atoms with E-state index in [1.54, 1.807) is 0 Å². The summed E-state index contributed by atoms with van der Waals surface area (Å²) in [6.07, 6.45) is 0. The fourth-order valence-electron chi connectivity index (χ4n) is 2.66. The third-order valence-electron chi connectivity index (χ3n) is 4.39. The van der Waals surface area contributed by atoms with Gasteiger partial charge in [0, 0.05) is 30.7 Å². The molecule has 1 aliphatic rings. The van der Waals surface area contributed by atoms with Crippen LogP contribution in [0.25, 0.3) is 11.5 Å². The first-order valence-corrected chi connectivity index (χ1v) is 8.61. The number of nitrogens with zero attached hydrogens (tertiary/aromatic N) is 3. The molecule has 8 heteroatoms. The minimum Gasteiger partial charge on any atom is -0.334 e. The highest BCUT2D eigenvalue weighted by Crippen LogP contribution is 2.28. The Hall–Kier alpha value is -2.32. The van der Waals surface area contributed by atoms with E-state index >= 15 is 0 Å². The van der Waals surface area contributed by atoms with Gasteiger partial charge in [0.2, 0.25) is 5.91 Å². The summed E-state index contributed by atoms with van der Waals surface area (Å²) < 4.78 is 19.6. The van der Waals surface area contributed by atoms with E-state index in [1.165, 1.54) is 18.2 Å². The zero-order valence-electron chi connectivity index (χ0n) is 15.5. The van der Waals surface area contributed by atoms with Crippen LogP contribution in [0.1, 0.15) is 32.6 Å². The number of likely N-dealkylation sites (N-methyl/N-ethyl adjacent to an activating group) is 1. The van der Waals surface area contributed by atoms with Crippen molar-refractivity contribution in [2.24, 2.45) is 5.41 Å². The van der Waals surface area contributed by atoms with Gasteiger partial charge in [-0.25, -0.2) is 4.39 Å². The highest BCUT2D eigenvalue weighted by atomic mass is 19.1. The second-order valence-electron chi connectivity index (χ2n) is 7.56. The van der Waals surface area contributed by atoms with Gasteiger partial charge >= 0.3 is 0 Å². The molecule has 0 radical (unpaired) electrons. The average Bonchev–Trinajstić information content (AvgIpc) is 3.05. The van der Waals surface area contributed by atoms with Crippen molar-refractivity contribution in [1.29, 1.82) is 0 Å². The fourth-order valence-corrected chi connectivity index (χ4v) is 2.66. The van der Waals surface area contributed by atoms with Gasteiger partial charge in [-0.05, 0) is 25.2 Å². The van der Waals surface area contributed by atoms with Gasteiger partial charge in [0.15, 0.2) is 5.82 Å². The first-order chi connectivity index (χ1) is 12.3. The maximum Gasteiger partial charge on any atom is 0.261 e. The summed E-state index contributed by atoms with van der Waals surface area (Å²) in [5, 5.41) is 10.1. The minimum atomic E-state index is -0.551. The summed E-state index contributed by atoms with van der Waals surface area (Å²) >= 11 is 0. The first-order valence-electron chi connectivity index (χ1n) is 8.61. The summed E-state index contributed by atoms with van der Waals surface area (Å²) in [4.78, 5) is 18.6. The lowest BCUT2D eigenvalue weighted by atomic mass is 9.95.